The number of benzene rings is 8. The normalized spacial score (nSPS) is 14.5. The zero-order valence-electron chi connectivity index (χ0n) is 47.8. The van der Waals surface area contributed by atoms with Crippen LogP contribution < -0.4 is 9.64 Å². The summed E-state index contributed by atoms with van der Waals surface area (Å²) in [5.74, 6) is 1.76. The number of para-hydroxylation sites is 2. The van der Waals surface area contributed by atoms with E-state index in [2.05, 4.69) is 141 Å². The van der Waals surface area contributed by atoms with Crippen LogP contribution >= 0.6 is 0 Å². The fourth-order valence-electron chi connectivity index (χ4n) is 10.7. The highest BCUT2D eigenvalue weighted by Gasteiger charge is 2.28. The highest BCUT2D eigenvalue weighted by atomic mass is 16.5. The van der Waals surface area contributed by atoms with Gasteiger partial charge in [-0.1, -0.05) is 162 Å². The molecule has 5 nitrogen and oxygen atoms in total. The first-order valence-corrected chi connectivity index (χ1v) is 24.1. The lowest BCUT2D eigenvalue weighted by Crippen LogP contribution is -2.17. The minimum Gasteiger partial charge on any atom is -0.457 e. The molecule has 11 aromatic rings. The Balaban J connectivity index is 1.05. The molecule has 1 aliphatic rings. The number of hydrogen-bond donors (Lipinski definition) is 0. The highest BCUT2D eigenvalue weighted by molar-refractivity contribution is 6.21. The van der Waals surface area contributed by atoms with Gasteiger partial charge in [-0.3, -0.25) is 4.57 Å². The van der Waals surface area contributed by atoms with E-state index in [0.29, 0.717) is 35.1 Å². The first-order chi connectivity index (χ1) is 36.6. The standard InChI is InChI=1S/C65H58N4O/c1-41-24-28-50-48-19-12-13-20-49(48)52-22-15-23-58-63(52)68(62-42(2)16-14-21-53(62)54(50)34-41)40-67(58)46-26-30-56(65(6,7)8)60(37-46)70-47-27-29-51-55-36-45(44-17-10-9-11-18-44)25-31-57(55)69(59(51)38-47)61-35-43(32-33-66-61)39-64(3,4)5/h9-38H,39-40H2,1-8H3/i9D,10D,11D,17D,18D,39D2. The van der Waals surface area contributed by atoms with Crippen molar-refractivity contribution in [2.75, 3.05) is 4.90 Å². The van der Waals surface area contributed by atoms with Crippen molar-refractivity contribution >= 4 is 76.5 Å². The third-order valence-electron chi connectivity index (χ3n) is 13.7. The predicted octanol–water partition coefficient (Wildman–Crippen LogP) is 17.8. The van der Waals surface area contributed by atoms with Gasteiger partial charge >= 0.3 is 0 Å². The van der Waals surface area contributed by atoms with E-state index in [9.17, 15) is 2.74 Å². The second kappa shape index (κ2) is 16.4. The smallest absolute Gasteiger partial charge is 0.137 e. The maximum absolute atomic E-state index is 9.22. The Bertz CT molecular complexity index is 4360. The summed E-state index contributed by atoms with van der Waals surface area (Å²) in [5.41, 5.74) is 9.27. The van der Waals surface area contributed by atoms with E-state index in [0.717, 1.165) is 49.6 Å². The van der Waals surface area contributed by atoms with Gasteiger partial charge in [0.2, 0.25) is 0 Å². The monoisotopic (exact) mass is 918 g/mol. The first kappa shape index (κ1) is 36.1. The molecule has 0 spiro atoms. The summed E-state index contributed by atoms with van der Waals surface area (Å²) < 4.78 is 72.9. The molecule has 0 bridgehead atoms. The molecule has 70 heavy (non-hydrogen) atoms. The zero-order valence-corrected chi connectivity index (χ0v) is 40.8. The van der Waals surface area contributed by atoms with Crippen LogP contribution in [0.15, 0.2) is 182 Å². The molecule has 0 radical (unpaired) electrons. The first-order valence-electron chi connectivity index (χ1n) is 27.6. The zero-order chi connectivity index (χ0) is 54.2. The van der Waals surface area contributed by atoms with Crippen LogP contribution in [0.4, 0.5) is 11.4 Å². The van der Waals surface area contributed by atoms with Crippen LogP contribution in [0, 0.1) is 19.3 Å². The van der Waals surface area contributed by atoms with Gasteiger partial charge in [0.25, 0.3) is 0 Å². The molecular formula is C65H58N4O. The van der Waals surface area contributed by atoms with Crippen molar-refractivity contribution in [2.24, 2.45) is 5.41 Å². The molecule has 5 heteroatoms. The topological polar surface area (TPSA) is 35.2 Å². The maximum Gasteiger partial charge on any atom is 0.137 e. The molecule has 0 fully saturated rings. The van der Waals surface area contributed by atoms with Crippen LogP contribution in [0.25, 0.3) is 82.1 Å². The van der Waals surface area contributed by atoms with E-state index in [4.69, 9.17) is 16.6 Å². The minimum absolute atomic E-state index is 0.111. The Morgan fingerprint density at radius 2 is 1.33 bits per heavy atom. The quantitative estimate of drug-likeness (QED) is 0.167. The summed E-state index contributed by atoms with van der Waals surface area (Å²) in [7, 11) is 0. The lowest BCUT2D eigenvalue weighted by Gasteiger charge is -2.26. The van der Waals surface area contributed by atoms with Gasteiger partial charge in [-0.2, -0.15) is 0 Å². The van der Waals surface area contributed by atoms with Gasteiger partial charge in [-0.15, -0.1) is 0 Å². The second-order valence-corrected chi connectivity index (χ2v) is 20.8. The Kier molecular flexibility index (Phi) is 8.46. The van der Waals surface area contributed by atoms with Crippen molar-refractivity contribution in [2.45, 2.75) is 73.8 Å². The van der Waals surface area contributed by atoms with Crippen molar-refractivity contribution in [3.05, 3.63) is 204 Å². The van der Waals surface area contributed by atoms with Crippen LogP contribution in [-0.2, 0) is 18.5 Å². The summed E-state index contributed by atoms with van der Waals surface area (Å²) in [6.45, 7) is 17.1. The van der Waals surface area contributed by atoms with Crippen molar-refractivity contribution in [3.63, 3.8) is 0 Å². The highest BCUT2D eigenvalue weighted by Crippen LogP contribution is 2.46. The largest absolute Gasteiger partial charge is 0.457 e. The molecule has 0 saturated carbocycles. The summed E-state index contributed by atoms with van der Waals surface area (Å²) in [6, 6.07) is 48.5. The van der Waals surface area contributed by atoms with Crippen molar-refractivity contribution in [1.82, 2.24) is 14.1 Å². The molecule has 0 N–H and O–H groups in total. The average molecular weight is 918 g/mol. The van der Waals surface area contributed by atoms with E-state index < -0.39 is 29.9 Å². The van der Waals surface area contributed by atoms with E-state index in [1.807, 2.05) is 55.7 Å². The number of hydrogen-bond acceptors (Lipinski definition) is 3. The lowest BCUT2D eigenvalue weighted by molar-refractivity contribution is 0.411. The third-order valence-corrected chi connectivity index (χ3v) is 13.7. The Morgan fingerprint density at radius 1 is 0.600 bits per heavy atom. The number of fused-ring (bicyclic) bond motifs is 10. The third kappa shape index (κ3) is 7.43. The van der Waals surface area contributed by atoms with E-state index in [-0.39, 0.29) is 23.1 Å². The molecule has 0 aliphatic carbocycles. The summed E-state index contributed by atoms with van der Waals surface area (Å²) in [6.07, 6.45) is -0.0684. The molecule has 3 aromatic heterocycles. The number of anilines is 2. The number of aryl methyl sites for hydroxylation is 2. The fourth-order valence-corrected chi connectivity index (χ4v) is 10.7. The second-order valence-electron chi connectivity index (χ2n) is 20.8. The number of pyridine rings is 1. The number of ether oxygens (including phenoxy) is 1. The van der Waals surface area contributed by atoms with Gasteiger partial charge in [0, 0.05) is 53.9 Å². The predicted molar refractivity (Wildman–Crippen MR) is 296 cm³/mol. The van der Waals surface area contributed by atoms with E-state index >= 15 is 0 Å². The van der Waals surface area contributed by atoms with Crippen LogP contribution in [0.1, 0.15) is 73.4 Å². The van der Waals surface area contributed by atoms with Gasteiger partial charge in [0.15, 0.2) is 0 Å². The van der Waals surface area contributed by atoms with E-state index in [1.165, 1.54) is 43.6 Å². The minimum atomic E-state index is -1.71. The molecule has 0 amide bonds. The maximum atomic E-state index is 9.22. The Hall–Kier alpha value is -7.89. The molecule has 0 saturated heterocycles. The lowest BCUT2D eigenvalue weighted by atomic mass is 9.86. The number of aromatic nitrogens is 3. The van der Waals surface area contributed by atoms with Crippen molar-refractivity contribution in [3.8, 4) is 28.4 Å². The molecule has 0 unspecified atom stereocenters. The van der Waals surface area contributed by atoms with Gasteiger partial charge < -0.3 is 14.2 Å². The van der Waals surface area contributed by atoms with Crippen LogP contribution in [0.2, 0.25) is 0 Å². The van der Waals surface area contributed by atoms with Crippen molar-refractivity contribution in [1.29, 1.82) is 0 Å². The molecule has 12 rings (SSSR count). The fraction of sp³-hybridized carbons (Fsp3) is 0.185. The van der Waals surface area contributed by atoms with Crippen LogP contribution in [0.3, 0.4) is 0 Å². The number of nitrogens with zero attached hydrogens (tertiary/aromatic N) is 4. The van der Waals surface area contributed by atoms with Gasteiger partial charge in [-0.05, 0) is 123 Å². The molecule has 0 atom stereocenters. The van der Waals surface area contributed by atoms with Gasteiger partial charge in [0.05, 0.1) is 34.6 Å². The van der Waals surface area contributed by atoms with Crippen LogP contribution in [-0.4, -0.2) is 14.1 Å². The number of rotatable bonds is 6. The molecule has 4 heterocycles. The van der Waals surface area contributed by atoms with E-state index in [1.54, 1.807) is 24.4 Å². The summed E-state index contributed by atoms with van der Waals surface area (Å²) >= 11 is 0. The molecule has 8 aromatic carbocycles. The summed E-state index contributed by atoms with van der Waals surface area (Å²) in [5, 5.41) is 8.68. The Labute approximate surface area is 420 Å². The van der Waals surface area contributed by atoms with Crippen molar-refractivity contribution < 1.29 is 14.3 Å². The van der Waals surface area contributed by atoms with Gasteiger partial charge in [-0.25, -0.2) is 4.98 Å². The van der Waals surface area contributed by atoms with Crippen LogP contribution in [0.5, 0.6) is 11.5 Å². The SMILES string of the molecule is [2H]c1c([2H])c([2H])c(-c2ccc3c(c2)c2ccc(Oc4cc(N5Cn6c7c(C)cccc7c7cc(C)ccc7c7ccccc7c7cccc5c76)ccc4C(C)(C)C)cc2n3-c2cc(C([2H])([2H])C(C)(C)C)ccn2)c([2H])c1[2H]. The van der Waals surface area contributed by atoms with Gasteiger partial charge in [0.1, 0.15) is 24.0 Å². The summed E-state index contributed by atoms with van der Waals surface area (Å²) in [4.78, 5) is 7.24. The average Bonchev–Trinajstić information content (AvgIpc) is 4.10. The molecular weight excluding hydrogens is 853 g/mol. The molecule has 1 aliphatic heterocycles. The Morgan fingerprint density at radius 3 is 2.11 bits per heavy atom. The molecule has 344 valence electrons.